The van der Waals surface area contributed by atoms with Crippen LogP contribution in [0.1, 0.15) is 32.2 Å². The summed E-state index contributed by atoms with van der Waals surface area (Å²) in [6.45, 7) is 0.909. The second kappa shape index (κ2) is 11.0. The molecule has 0 atom stereocenters. The summed E-state index contributed by atoms with van der Waals surface area (Å²) < 4.78 is 111. The number of methoxy groups -OCH3 is 2. The molecule has 2 heterocycles. The minimum atomic E-state index is -5.24. The number of carbonyl (C=O) groups is 2. The van der Waals surface area contributed by atoms with Crippen molar-refractivity contribution in [2.24, 2.45) is 0 Å². The highest BCUT2D eigenvalue weighted by atomic mass is 19.4. The number of aromatic nitrogens is 3. The number of nitrogens with zero attached hydrogens (tertiary/aromatic N) is 3. The van der Waals surface area contributed by atoms with Crippen molar-refractivity contribution in [3.05, 3.63) is 59.2 Å². The SMILES string of the molecule is COC(=O)c1ncc(NC(=O)c2c(Oc3ccc(OC(F)(F)F)c(F)c3OC)cnc(C(F)(F)F)c2C)cn1. The lowest BCUT2D eigenvalue weighted by molar-refractivity contribution is -0.275. The molecule has 3 aromatic rings. The van der Waals surface area contributed by atoms with E-state index in [1.54, 1.807) is 0 Å². The Morgan fingerprint density at radius 3 is 2.05 bits per heavy atom. The quantitative estimate of drug-likeness (QED) is 0.309. The van der Waals surface area contributed by atoms with E-state index in [1.165, 1.54) is 0 Å². The van der Waals surface area contributed by atoms with Gasteiger partial charge >= 0.3 is 18.5 Å². The smallest absolute Gasteiger partial charge is 0.490 e. The highest BCUT2D eigenvalue weighted by Gasteiger charge is 2.38. The van der Waals surface area contributed by atoms with E-state index in [1.807, 2.05) is 0 Å². The summed E-state index contributed by atoms with van der Waals surface area (Å²) in [4.78, 5) is 35.1. The third-order valence-corrected chi connectivity index (χ3v) is 4.74. The molecule has 39 heavy (non-hydrogen) atoms. The van der Waals surface area contributed by atoms with Crippen LogP contribution in [0, 0.1) is 12.7 Å². The van der Waals surface area contributed by atoms with Crippen molar-refractivity contribution >= 4 is 17.6 Å². The van der Waals surface area contributed by atoms with Gasteiger partial charge in [0.25, 0.3) is 5.91 Å². The number of alkyl halides is 6. The molecule has 0 spiro atoms. The van der Waals surface area contributed by atoms with Crippen LogP contribution in [-0.2, 0) is 10.9 Å². The molecule has 10 nitrogen and oxygen atoms in total. The predicted octanol–water partition coefficient (Wildman–Crippen LogP) is 5.08. The predicted molar refractivity (Wildman–Crippen MR) is 115 cm³/mol. The molecule has 0 radical (unpaired) electrons. The third-order valence-electron chi connectivity index (χ3n) is 4.74. The molecular weight excluding hydrogens is 549 g/mol. The van der Waals surface area contributed by atoms with Gasteiger partial charge in [-0.25, -0.2) is 19.7 Å². The van der Waals surface area contributed by atoms with Crippen molar-refractivity contribution < 1.29 is 59.3 Å². The third kappa shape index (κ3) is 6.60. The molecule has 0 fully saturated rings. The summed E-state index contributed by atoms with van der Waals surface area (Å²) in [5.41, 5.74) is -3.04. The number of pyridine rings is 1. The van der Waals surface area contributed by atoms with E-state index in [9.17, 15) is 40.3 Å². The normalized spacial score (nSPS) is 11.5. The number of carbonyl (C=O) groups excluding carboxylic acids is 2. The van der Waals surface area contributed by atoms with E-state index >= 15 is 0 Å². The second-order valence-corrected chi connectivity index (χ2v) is 7.27. The molecule has 2 aromatic heterocycles. The Hall–Kier alpha value is -4.70. The molecule has 1 N–H and O–H groups in total. The van der Waals surface area contributed by atoms with Gasteiger partial charge < -0.3 is 24.3 Å². The van der Waals surface area contributed by atoms with E-state index in [0.717, 1.165) is 39.6 Å². The van der Waals surface area contributed by atoms with E-state index in [2.05, 4.69) is 29.7 Å². The molecule has 0 bridgehead atoms. The number of ether oxygens (including phenoxy) is 4. The number of anilines is 1. The van der Waals surface area contributed by atoms with Gasteiger partial charge in [0.1, 0.15) is 5.69 Å². The molecule has 1 amide bonds. The van der Waals surface area contributed by atoms with Crippen LogP contribution < -0.4 is 19.5 Å². The Labute approximate surface area is 213 Å². The Kier molecular flexibility index (Phi) is 8.11. The Morgan fingerprint density at radius 1 is 0.897 bits per heavy atom. The number of esters is 1. The van der Waals surface area contributed by atoms with Crippen molar-refractivity contribution in [1.82, 2.24) is 15.0 Å². The van der Waals surface area contributed by atoms with Crippen molar-refractivity contribution in [2.45, 2.75) is 19.5 Å². The lowest BCUT2D eigenvalue weighted by Crippen LogP contribution is -2.20. The Balaban J connectivity index is 2.05. The average molecular weight is 564 g/mol. The van der Waals surface area contributed by atoms with Crippen LogP contribution in [0.25, 0.3) is 0 Å². The van der Waals surface area contributed by atoms with Crippen LogP contribution in [0.5, 0.6) is 23.0 Å². The molecule has 3 rings (SSSR count). The zero-order valence-electron chi connectivity index (χ0n) is 19.8. The van der Waals surface area contributed by atoms with Crippen molar-refractivity contribution in [1.29, 1.82) is 0 Å². The summed E-state index contributed by atoms with van der Waals surface area (Å²) >= 11 is 0. The van der Waals surface area contributed by atoms with Gasteiger partial charge in [0.2, 0.25) is 17.4 Å². The molecule has 0 aliphatic carbocycles. The maximum Gasteiger partial charge on any atom is 0.573 e. The second-order valence-electron chi connectivity index (χ2n) is 7.27. The van der Waals surface area contributed by atoms with Crippen LogP contribution in [0.4, 0.5) is 36.4 Å². The fraction of sp³-hybridized carbons (Fsp3) is 0.227. The molecule has 208 valence electrons. The number of rotatable bonds is 7. The molecular formula is C22H15F7N4O6. The van der Waals surface area contributed by atoms with Gasteiger partial charge in [0, 0.05) is 0 Å². The number of hydrogen-bond acceptors (Lipinski definition) is 9. The van der Waals surface area contributed by atoms with E-state index in [4.69, 9.17) is 9.47 Å². The topological polar surface area (TPSA) is 122 Å². The highest BCUT2D eigenvalue weighted by Crippen LogP contribution is 2.42. The van der Waals surface area contributed by atoms with Gasteiger partial charge in [0.15, 0.2) is 17.2 Å². The van der Waals surface area contributed by atoms with Gasteiger partial charge in [-0.05, 0) is 24.6 Å². The van der Waals surface area contributed by atoms with E-state index in [0.29, 0.717) is 12.3 Å². The number of halogens is 7. The van der Waals surface area contributed by atoms with E-state index < -0.39 is 70.1 Å². The first-order valence-electron chi connectivity index (χ1n) is 10.2. The minimum absolute atomic E-state index is 0.152. The fourth-order valence-corrected chi connectivity index (χ4v) is 3.13. The van der Waals surface area contributed by atoms with Gasteiger partial charge in [-0.15, -0.1) is 13.2 Å². The zero-order valence-corrected chi connectivity index (χ0v) is 19.8. The lowest BCUT2D eigenvalue weighted by Gasteiger charge is -2.19. The molecule has 1 aromatic carbocycles. The molecule has 0 saturated heterocycles. The van der Waals surface area contributed by atoms with Gasteiger partial charge in [-0.1, -0.05) is 0 Å². The average Bonchev–Trinajstić information content (AvgIpc) is 2.84. The van der Waals surface area contributed by atoms with Crippen LogP contribution >= 0.6 is 0 Å². The minimum Gasteiger partial charge on any atom is -0.490 e. The van der Waals surface area contributed by atoms with Crippen molar-refractivity contribution in [2.75, 3.05) is 19.5 Å². The van der Waals surface area contributed by atoms with Gasteiger partial charge in [-0.2, -0.15) is 17.6 Å². The number of benzene rings is 1. The summed E-state index contributed by atoms with van der Waals surface area (Å²) in [7, 11) is 1.95. The maximum atomic E-state index is 14.6. The van der Waals surface area contributed by atoms with Crippen LogP contribution in [0.3, 0.4) is 0 Å². The number of hydrogen-bond donors (Lipinski definition) is 1. The summed E-state index contributed by atoms with van der Waals surface area (Å²) in [5.74, 6) is -7.55. The largest absolute Gasteiger partial charge is 0.573 e. The first-order chi connectivity index (χ1) is 18.2. The maximum absolute atomic E-state index is 14.6. The summed E-state index contributed by atoms with van der Waals surface area (Å²) in [5, 5.41) is 2.22. The van der Waals surface area contributed by atoms with E-state index in [-0.39, 0.29) is 11.5 Å². The fourth-order valence-electron chi connectivity index (χ4n) is 3.13. The monoisotopic (exact) mass is 564 g/mol. The first-order valence-corrected chi connectivity index (χ1v) is 10.2. The lowest BCUT2D eigenvalue weighted by atomic mass is 10.1. The molecule has 0 unspecified atom stereocenters. The highest BCUT2D eigenvalue weighted by molar-refractivity contribution is 6.07. The summed E-state index contributed by atoms with van der Waals surface area (Å²) in [6, 6.07) is 1.31. The van der Waals surface area contributed by atoms with Gasteiger partial charge in [-0.3, -0.25) is 4.79 Å². The first kappa shape index (κ1) is 28.9. The molecule has 0 aliphatic rings. The number of amides is 1. The Morgan fingerprint density at radius 2 is 1.51 bits per heavy atom. The zero-order chi connectivity index (χ0) is 29.1. The molecule has 17 heteroatoms. The van der Waals surface area contributed by atoms with Crippen molar-refractivity contribution in [3.8, 4) is 23.0 Å². The van der Waals surface area contributed by atoms with Crippen LogP contribution in [0.2, 0.25) is 0 Å². The van der Waals surface area contributed by atoms with Crippen LogP contribution in [-0.4, -0.2) is 47.4 Å². The number of nitrogens with one attached hydrogen (secondary N) is 1. The van der Waals surface area contributed by atoms with Gasteiger partial charge in [0.05, 0.1) is 44.1 Å². The Bertz CT molecular complexity index is 1400. The standard InChI is InChI=1S/C22H15F7N4O6/c1-9-14(19(34)33-10-6-31-18(32-7-10)20(35)37-3)13(8-30-17(9)21(24,25)26)38-12-5-4-11(39-22(27,28)29)15(23)16(12)36-2/h4-8H,1-3H3,(H,33,34). The molecule has 0 aliphatic heterocycles. The van der Waals surface area contributed by atoms with Crippen molar-refractivity contribution in [3.63, 3.8) is 0 Å². The van der Waals surface area contributed by atoms with Crippen LogP contribution in [0.15, 0.2) is 30.7 Å². The summed E-state index contributed by atoms with van der Waals surface area (Å²) in [6.07, 6.45) is -7.79. The molecule has 0 saturated carbocycles.